The number of para-hydroxylation sites is 1. The average Bonchev–Trinajstić information content (AvgIpc) is 2.50. The topological polar surface area (TPSA) is 40.2 Å². The van der Waals surface area contributed by atoms with Crippen molar-refractivity contribution >= 4 is 17.1 Å². The van der Waals surface area contributed by atoms with Crippen LogP contribution in [0.4, 0.5) is 0 Å². The number of ether oxygens (including phenoxy) is 1. The predicted molar refractivity (Wildman–Crippen MR) is 51.0 cm³/mol. The summed E-state index contributed by atoms with van der Waals surface area (Å²) in [6.45, 7) is 0. The van der Waals surface area contributed by atoms with E-state index in [4.69, 9.17) is 10.5 Å². The molecule has 3 rings (SSSR count). The maximum Gasteiger partial charge on any atom is 0.207 e. The minimum Gasteiger partial charge on any atom is -0.438 e. The second-order valence-corrected chi connectivity index (χ2v) is 3.05. The van der Waals surface area contributed by atoms with Crippen molar-refractivity contribution in [3.8, 4) is 5.75 Å². The number of nitrogens with zero attached hydrogens (tertiary/aromatic N) is 1. The minimum absolute atomic E-state index is 0.427. The van der Waals surface area contributed by atoms with Gasteiger partial charge < -0.3 is 15.0 Å². The Morgan fingerprint density at radius 2 is 2.15 bits per heavy atom. The standard InChI is InChI=1S/C10H8N2O/c11-9-6-12-5-4-7-2-1-3-8(13-9)10(7)12/h1-6H,11H2. The van der Waals surface area contributed by atoms with Crippen molar-refractivity contribution in [1.82, 2.24) is 4.57 Å². The van der Waals surface area contributed by atoms with Crippen molar-refractivity contribution < 1.29 is 4.74 Å². The van der Waals surface area contributed by atoms with Gasteiger partial charge in [0.05, 0.1) is 11.7 Å². The quantitative estimate of drug-likeness (QED) is 0.657. The first-order chi connectivity index (χ1) is 6.34. The highest BCUT2D eigenvalue weighted by Crippen LogP contribution is 2.30. The number of benzene rings is 1. The first-order valence-corrected chi connectivity index (χ1v) is 4.09. The summed E-state index contributed by atoms with van der Waals surface area (Å²) in [5, 5.41) is 1.17. The summed E-state index contributed by atoms with van der Waals surface area (Å²) < 4.78 is 7.36. The third-order valence-corrected chi connectivity index (χ3v) is 2.20. The lowest BCUT2D eigenvalue weighted by Crippen LogP contribution is -2.11. The molecule has 0 saturated heterocycles. The summed E-state index contributed by atoms with van der Waals surface area (Å²) in [4.78, 5) is 0. The van der Waals surface area contributed by atoms with E-state index in [1.165, 1.54) is 5.39 Å². The van der Waals surface area contributed by atoms with Crippen molar-refractivity contribution in [2.75, 3.05) is 0 Å². The molecule has 1 aromatic heterocycles. The Balaban J connectivity index is 2.49. The average molecular weight is 172 g/mol. The van der Waals surface area contributed by atoms with Crippen molar-refractivity contribution in [3.05, 3.63) is 36.3 Å². The van der Waals surface area contributed by atoms with Gasteiger partial charge in [0.1, 0.15) is 0 Å². The summed E-state index contributed by atoms with van der Waals surface area (Å²) in [5.74, 6) is 1.25. The fraction of sp³-hybridized carbons (Fsp3) is 0. The number of hydrogen-bond donors (Lipinski definition) is 1. The lowest BCUT2D eigenvalue weighted by molar-refractivity contribution is 0.420. The van der Waals surface area contributed by atoms with Gasteiger partial charge in [-0.05, 0) is 12.1 Å². The Kier molecular flexibility index (Phi) is 1.05. The maximum atomic E-state index is 5.60. The monoisotopic (exact) mass is 172 g/mol. The van der Waals surface area contributed by atoms with Gasteiger partial charge in [-0.15, -0.1) is 0 Å². The summed E-state index contributed by atoms with van der Waals surface area (Å²) in [5.41, 5.74) is 6.68. The largest absolute Gasteiger partial charge is 0.438 e. The smallest absolute Gasteiger partial charge is 0.207 e. The highest BCUT2D eigenvalue weighted by atomic mass is 16.5. The van der Waals surface area contributed by atoms with Crippen molar-refractivity contribution in [2.45, 2.75) is 0 Å². The fourth-order valence-corrected chi connectivity index (χ4v) is 1.67. The van der Waals surface area contributed by atoms with Crippen LogP contribution in [0.1, 0.15) is 0 Å². The molecule has 0 radical (unpaired) electrons. The molecule has 0 saturated carbocycles. The van der Waals surface area contributed by atoms with Crippen molar-refractivity contribution in [3.63, 3.8) is 0 Å². The van der Waals surface area contributed by atoms with Gasteiger partial charge in [-0.2, -0.15) is 0 Å². The fourth-order valence-electron chi connectivity index (χ4n) is 1.67. The van der Waals surface area contributed by atoms with Crippen LogP contribution < -0.4 is 10.5 Å². The van der Waals surface area contributed by atoms with E-state index in [0.717, 1.165) is 11.3 Å². The molecule has 0 unspecified atom stereocenters. The van der Waals surface area contributed by atoms with E-state index in [0.29, 0.717) is 5.88 Å². The van der Waals surface area contributed by atoms with Crippen LogP contribution in [0, 0.1) is 0 Å². The molecule has 13 heavy (non-hydrogen) atoms. The van der Waals surface area contributed by atoms with Gasteiger partial charge in [0.25, 0.3) is 0 Å². The van der Waals surface area contributed by atoms with Gasteiger partial charge in [-0.25, -0.2) is 0 Å². The molecule has 2 aromatic rings. The molecule has 1 aliphatic rings. The first-order valence-electron chi connectivity index (χ1n) is 4.09. The number of rotatable bonds is 0. The zero-order valence-electron chi connectivity index (χ0n) is 6.90. The molecule has 1 aliphatic heterocycles. The van der Waals surface area contributed by atoms with Gasteiger partial charge in [0.2, 0.25) is 5.88 Å². The molecule has 2 N–H and O–H groups in total. The highest BCUT2D eigenvalue weighted by Gasteiger charge is 2.11. The van der Waals surface area contributed by atoms with E-state index in [-0.39, 0.29) is 0 Å². The van der Waals surface area contributed by atoms with Gasteiger partial charge in [-0.1, -0.05) is 12.1 Å². The molecule has 0 atom stereocenters. The van der Waals surface area contributed by atoms with Gasteiger partial charge in [0, 0.05) is 11.6 Å². The third kappa shape index (κ3) is 0.783. The maximum absolute atomic E-state index is 5.60. The van der Waals surface area contributed by atoms with Crippen LogP contribution >= 0.6 is 0 Å². The number of nitrogens with two attached hydrogens (primary N) is 1. The predicted octanol–water partition coefficient (Wildman–Crippen LogP) is 1.75. The second-order valence-electron chi connectivity index (χ2n) is 3.05. The molecule has 3 nitrogen and oxygen atoms in total. The van der Waals surface area contributed by atoms with Gasteiger partial charge in [0.15, 0.2) is 5.75 Å². The van der Waals surface area contributed by atoms with E-state index >= 15 is 0 Å². The van der Waals surface area contributed by atoms with E-state index in [2.05, 4.69) is 0 Å². The molecule has 3 heteroatoms. The van der Waals surface area contributed by atoms with E-state index < -0.39 is 0 Å². The molecule has 0 aliphatic carbocycles. The zero-order chi connectivity index (χ0) is 8.84. The summed E-state index contributed by atoms with van der Waals surface area (Å²) >= 11 is 0. The molecule has 0 amide bonds. The SMILES string of the molecule is NC1=Cn2ccc3cccc(c32)O1. The Hall–Kier alpha value is -1.90. The summed E-state index contributed by atoms with van der Waals surface area (Å²) in [7, 11) is 0. The summed E-state index contributed by atoms with van der Waals surface area (Å²) in [6, 6.07) is 7.96. The van der Waals surface area contributed by atoms with Gasteiger partial charge >= 0.3 is 0 Å². The number of hydrogen-bond acceptors (Lipinski definition) is 2. The van der Waals surface area contributed by atoms with Gasteiger partial charge in [-0.3, -0.25) is 0 Å². The lowest BCUT2D eigenvalue weighted by atomic mass is 10.2. The molecule has 2 heterocycles. The van der Waals surface area contributed by atoms with Crippen LogP contribution in [0.15, 0.2) is 36.3 Å². The number of aromatic nitrogens is 1. The molecular weight excluding hydrogens is 164 g/mol. The van der Waals surface area contributed by atoms with Crippen molar-refractivity contribution in [2.24, 2.45) is 5.73 Å². The van der Waals surface area contributed by atoms with Crippen LogP contribution in [0.2, 0.25) is 0 Å². The van der Waals surface area contributed by atoms with E-state index in [1.54, 1.807) is 6.20 Å². The Bertz CT molecular complexity index is 511. The molecule has 1 aromatic carbocycles. The second kappa shape index (κ2) is 2.07. The molecule has 0 bridgehead atoms. The zero-order valence-corrected chi connectivity index (χ0v) is 6.90. The minimum atomic E-state index is 0.427. The van der Waals surface area contributed by atoms with Crippen LogP contribution in [0.5, 0.6) is 5.75 Å². The Labute approximate surface area is 75.0 Å². The van der Waals surface area contributed by atoms with Crippen molar-refractivity contribution in [1.29, 1.82) is 0 Å². The lowest BCUT2D eigenvalue weighted by Gasteiger charge is -2.13. The molecule has 64 valence electrons. The highest BCUT2D eigenvalue weighted by molar-refractivity contribution is 5.88. The first kappa shape index (κ1) is 6.60. The van der Waals surface area contributed by atoms with Crippen LogP contribution in [-0.2, 0) is 0 Å². The summed E-state index contributed by atoms with van der Waals surface area (Å²) in [6.07, 6.45) is 3.75. The molecule has 0 fully saturated rings. The normalized spacial score (nSPS) is 14.0. The van der Waals surface area contributed by atoms with E-state index in [9.17, 15) is 0 Å². The van der Waals surface area contributed by atoms with E-state index in [1.807, 2.05) is 35.0 Å². The van der Waals surface area contributed by atoms with Crippen LogP contribution in [0.25, 0.3) is 17.1 Å². The van der Waals surface area contributed by atoms with Crippen LogP contribution in [-0.4, -0.2) is 4.57 Å². The molecule has 0 spiro atoms. The third-order valence-electron chi connectivity index (χ3n) is 2.20. The molecular formula is C10H8N2O. The Morgan fingerprint density at radius 3 is 3.08 bits per heavy atom. The van der Waals surface area contributed by atoms with Crippen LogP contribution in [0.3, 0.4) is 0 Å². The Morgan fingerprint density at radius 1 is 1.23 bits per heavy atom.